The van der Waals surface area contributed by atoms with E-state index in [9.17, 15) is 4.79 Å². The maximum absolute atomic E-state index is 12.5. The number of hydrogen-bond donors (Lipinski definition) is 1. The molecule has 0 saturated heterocycles. The average Bonchev–Trinajstić information content (AvgIpc) is 2.68. The number of carbonyl (C=O) groups excluding carboxylic acids is 1. The van der Waals surface area contributed by atoms with Crippen LogP contribution < -0.4 is 15.0 Å². The van der Waals surface area contributed by atoms with Crippen LogP contribution in [-0.2, 0) is 0 Å². The lowest BCUT2D eigenvalue weighted by atomic mass is 10.2. The number of anilines is 3. The summed E-state index contributed by atoms with van der Waals surface area (Å²) in [6, 6.07) is 19.2. The van der Waals surface area contributed by atoms with E-state index < -0.39 is 0 Å². The van der Waals surface area contributed by atoms with Gasteiger partial charge in [0.15, 0.2) is 0 Å². The fraction of sp³-hybridized carbons (Fsp3) is 0.143. The summed E-state index contributed by atoms with van der Waals surface area (Å²) in [5, 5.41) is 2.86. The number of benzene rings is 2. The number of hydrogen-bond acceptors (Lipinski definition) is 4. The van der Waals surface area contributed by atoms with Gasteiger partial charge in [-0.05, 0) is 48.9 Å². The van der Waals surface area contributed by atoms with E-state index in [1.165, 1.54) is 0 Å². The zero-order valence-corrected chi connectivity index (χ0v) is 15.1. The summed E-state index contributed by atoms with van der Waals surface area (Å²) in [6.45, 7) is 1.96. The fourth-order valence-corrected chi connectivity index (χ4v) is 2.63. The molecule has 1 amide bonds. The highest BCUT2D eigenvalue weighted by molar-refractivity contribution is 6.03. The standard InChI is InChI=1S/C21H21N3O2/c1-15-9-12-20(26-3)19(13-15)23-21(25)18-11-10-17(14-22-18)24(2)16-7-5-4-6-8-16/h4-14H,1-3H3,(H,23,25). The van der Waals surface area contributed by atoms with Gasteiger partial charge in [0.05, 0.1) is 24.7 Å². The summed E-state index contributed by atoms with van der Waals surface area (Å²) < 4.78 is 5.29. The van der Waals surface area contributed by atoms with Crippen molar-refractivity contribution in [2.75, 3.05) is 24.4 Å². The molecule has 0 aliphatic carbocycles. The first-order valence-corrected chi connectivity index (χ1v) is 8.29. The Labute approximate surface area is 153 Å². The predicted molar refractivity (Wildman–Crippen MR) is 104 cm³/mol. The maximum atomic E-state index is 12.5. The molecule has 1 aromatic heterocycles. The molecule has 5 heteroatoms. The second kappa shape index (κ2) is 7.70. The summed E-state index contributed by atoms with van der Waals surface area (Å²) in [5.41, 5.74) is 3.97. The number of nitrogens with one attached hydrogen (secondary N) is 1. The van der Waals surface area contributed by atoms with Gasteiger partial charge in [-0.15, -0.1) is 0 Å². The quantitative estimate of drug-likeness (QED) is 0.742. The van der Waals surface area contributed by atoms with E-state index in [0.29, 0.717) is 17.1 Å². The Morgan fingerprint density at radius 3 is 2.46 bits per heavy atom. The lowest BCUT2D eigenvalue weighted by Gasteiger charge is -2.19. The molecule has 0 atom stereocenters. The molecule has 2 aromatic carbocycles. The maximum Gasteiger partial charge on any atom is 0.274 e. The van der Waals surface area contributed by atoms with Gasteiger partial charge in [-0.1, -0.05) is 24.3 Å². The molecule has 0 saturated carbocycles. The van der Waals surface area contributed by atoms with E-state index in [-0.39, 0.29) is 5.91 Å². The highest BCUT2D eigenvalue weighted by Gasteiger charge is 2.12. The van der Waals surface area contributed by atoms with Crippen LogP contribution in [0.1, 0.15) is 16.1 Å². The van der Waals surface area contributed by atoms with Crippen LogP contribution in [0, 0.1) is 6.92 Å². The Balaban J connectivity index is 1.76. The number of ether oxygens (including phenoxy) is 1. The highest BCUT2D eigenvalue weighted by atomic mass is 16.5. The van der Waals surface area contributed by atoms with Crippen LogP contribution in [0.3, 0.4) is 0 Å². The van der Waals surface area contributed by atoms with Crippen LogP contribution in [0.5, 0.6) is 5.75 Å². The number of aryl methyl sites for hydroxylation is 1. The topological polar surface area (TPSA) is 54.5 Å². The van der Waals surface area contributed by atoms with Crippen molar-refractivity contribution in [2.24, 2.45) is 0 Å². The molecular weight excluding hydrogens is 326 g/mol. The van der Waals surface area contributed by atoms with Crippen LogP contribution in [0.2, 0.25) is 0 Å². The molecule has 3 rings (SSSR count). The van der Waals surface area contributed by atoms with Gasteiger partial charge < -0.3 is 15.0 Å². The number of amides is 1. The van der Waals surface area contributed by atoms with Gasteiger partial charge in [-0.25, -0.2) is 4.98 Å². The van der Waals surface area contributed by atoms with Crippen molar-refractivity contribution in [1.29, 1.82) is 0 Å². The van der Waals surface area contributed by atoms with E-state index in [2.05, 4.69) is 10.3 Å². The first-order valence-electron chi connectivity index (χ1n) is 8.29. The Hall–Kier alpha value is -3.34. The van der Waals surface area contributed by atoms with Crippen molar-refractivity contribution in [2.45, 2.75) is 6.92 Å². The first-order chi connectivity index (χ1) is 12.6. The van der Waals surface area contributed by atoms with Crippen molar-refractivity contribution in [3.63, 3.8) is 0 Å². The third kappa shape index (κ3) is 3.83. The zero-order valence-electron chi connectivity index (χ0n) is 15.1. The lowest BCUT2D eigenvalue weighted by molar-refractivity contribution is 0.102. The summed E-state index contributed by atoms with van der Waals surface area (Å²) in [4.78, 5) is 18.8. The molecule has 1 N–H and O–H groups in total. The molecule has 0 aliphatic heterocycles. The number of rotatable bonds is 5. The number of carbonyl (C=O) groups is 1. The second-order valence-electron chi connectivity index (χ2n) is 5.95. The smallest absolute Gasteiger partial charge is 0.274 e. The van der Waals surface area contributed by atoms with E-state index in [1.807, 2.05) is 73.5 Å². The van der Waals surface area contributed by atoms with Crippen molar-refractivity contribution in [3.8, 4) is 5.75 Å². The predicted octanol–water partition coefficient (Wildman–Crippen LogP) is 4.42. The van der Waals surface area contributed by atoms with Crippen molar-refractivity contribution in [1.82, 2.24) is 4.98 Å². The summed E-state index contributed by atoms with van der Waals surface area (Å²) >= 11 is 0. The Morgan fingerprint density at radius 2 is 1.81 bits per heavy atom. The lowest BCUT2D eigenvalue weighted by Crippen LogP contribution is -2.15. The number of pyridine rings is 1. The monoisotopic (exact) mass is 347 g/mol. The minimum Gasteiger partial charge on any atom is -0.495 e. The molecule has 0 spiro atoms. The van der Waals surface area contributed by atoms with Gasteiger partial charge >= 0.3 is 0 Å². The third-order valence-corrected chi connectivity index (χ3v) is 4.11. The largest absolute Gasteiger partial charge is 0.495 e. The van der Waals surface area contributed by atoms with Gasteiger partial charge in [0.25, 0.3) is 5.91 Å². The molecule has 0 fully saturated rings. The van der Waals surface area contributed by atoms with Gasteiger partial charge in [0, 0.05) is 12.7 Å². The highest BCUT2D eigenvalue weighted by Crippen LogP contribution is 2.26. The van der Waals surface area contributed by atoms with Crippen molar-refractivity contribution < 1.29 is 9.53 Å². The second-order valence-corrected chi connectivity index (χ2v) is 5.95. The Morgan fingerprint density at radius 1 is 1.04 bits per heavy atom. The molecule has 0 radical (unpaired) electrons. The van der Waals surface area contributed by atoms with E-state index in [1.54, 1.807) is 19.4 Å². The number of methoxy groups -OCH3 is 1. The minimum absolute atomic E-state index is 0.275. The molecule has 3 aromatic rings. The van der Waals surface area contributed by atoms with Crippen LogP contribution in [-0.4, -0.2) is 25.0 Å². The molecule has 0 aliphatic rings. The first kappa shape index (κ1) is 17.5. The summed E-state index contributed by atoms with van der Waals surface area (Å²) in [6.07, 6.45) is 1.69. The Bertz CT molecular complexity index is 893. The molecule has 26 heavy (non-hydrogen) atoms. The van der Waals surface area contributed by atoms with Crippen molar-refractivity contribution in [3.05, 3.63) is 78.1 Å². The van der Waals surface area contributed by atoms with Crippen LogP contribution in [0.4, 0.5) is 17.1 Å². The normalized spacial score (nSPS) is 10.3. The van der Waals surface area contributed by atoms with E-state index >= 15 is 0 Å². The van der Waals surface area contributed by atoms with Crippen LogP contribution in [0.25, 0.3) is 0 Å². The van der Waals surface area contributed by atoms with Gasteiger partial charge in [0.1, 0.15) is 11.4 Å². The number of aromatic nitrogens is 1. The fourth-order valence-electron chi connectivity index (χ4n) is 2.63. The average molecular weight is 347 g/mol. The molecule has 0 bridgehead atoms. The molecule has 132 valence electrons. The third-order valence-electron chi connectivity index (χ3n) is 4.11. The zero-order chi connectivity index (χ0) is 18.5. The number of nitrogens with zero attached hydrogens (tertiary/aromatic N) is 2. The molecule has 1 heterocycles. The summed E-state index contributed by atoms with van der Waals surface area (Å²) in [5.74, 6) is 0.340. The molecular formula is C21H21N3O2. The van der Waals surface area contributed by atoms with Crippen LogP contribution >= 0.6 is 0 Å². The van der Waals surface area contributed by atoms with Gasteiger partial charge in [0.2, 0.25) is 0 Å². The van der Waals surface area contributed by atoms with E-state index in [0.717, 1.165) is 16.9 Å². The summed E-state index contributed by atoms with van der Waals surface area (Å²) in [7, 11) is 3.54. The Kier molecular flexibility index (Phi) is 5.17. The molecule has 5 nitrogen and oxygen atoms in total. The van der Waals surface area contributed by atoms with Crippen LogP contribution in [0.15, 0.2) is 66.9 Å². The minimum atomic E-state index is -0.275. The van der Waals surface area contributed by atoms with E-state index in [4.69, 9.17) is 4.74 Å². The van der Waals surface area contributed by atoms with Gasteiger partial charge in [-0.2, -0.15) is 0 Å². The SMILES string of the molecule is COc1ccc(C)cc1NC(=O)c1ccc(N(C)c2ccccc2)cn1. The number of para-hydroxylation sites is 1. The van der Waals surface area contributed by atoms with Crippen molar-refractivity contribution >= 4 is 23.0 Å². The van der Waals surface area contributed by atoms with Gasteiger partial charge in [-0.3, -0.25) is 4.79 Å². The molecule has 0 unspecified atom stereocenters.